The Labute approximate surface area is 104 Å². The van der Waals surface area contributed by atoms with E-state index in [1.54, 1.807) is 0 Å². The molecule has 1 aromatic heterocycles. The number of benzene rings is 1. The molecule has 6 nitrogen and oxygen atoms in total. The zero-order chi connectivity index (χ0) is 12.8. The van der Waals surface area contributed by atoms with Gasteiger partial charge in [0, 0.05) is 18.1 Å². The number of rotatable bonds is 5. The number of nitrogens with one attached hydrogen (secondary N) is 2. The van der Waals surface area contributed by atoms with Crippen LogP contribution in [-0.2, 0) is 4.79 Å². The van der Waals surface area contributed by atoms with Gasteiger partial charge in [-0.15, -0.1) is 0 Å². The van der Waals surface area contributed by atoms with Crippen LogP contribution in [0.1, 0.15) is 0 Å². The first kappa shape index (κ1) is 11.8. The number of aliphatic carboxylic acids is 1. The molecule has 2 rings (SSSR count). The average molecular weight is 244 g/mol. The van der Waals surface area contributed by atoms with E-state index in [1.807, 2.05) is 30.3 Å². The monoisotopic (exact) mass is 244 g/mol. The molecule has 0 atom stereocenters. The lowest BCUT2D eigenvalue weighted by Crippen LogP contribution is -2.14. The highest BCUT2D eigenvalue weighted by molar-refractivity contribution is 5.75. The lowest BCUT2D eigenvalue weighted by atomic mass is 10.3. The van der Waals surface area contributed by atoms with E-state index in [9.17, 15) is 4.79 Å². The van der Waals surface area contributed by atoms with Crippen LogP contribution in [0.2, 0.25) is 0 Å². The molecule has 0 unspecified atom stereocenters. The third kappa shape index (κ3) is 3.18. The van der Waals surface area contributed by atoms with Gasteiger partial charge in [0.05, 0.1) is 0 Å². The van der Waals surface area contributed by atoms with Crippen LogP contribution in [0, 0.1) is 0 Å². The third-order valence-electron chi connectivity index (χ3n) is 2.14. The highest BCUT2D eigenvalue weighted by Gasteiger charge is 2.06. The topological polar surface area (TPSA) is 87.1 Å². The first-order valence-electron chi connectivity index (χ1n) is 5.34. The molecule has 1 heterocycles. The standard InChI is InChI=1S/C12H12N4O2/c17-10(18)8-15-11-12(14-7-6-13-11)16-9-4-2-1-3-5-9/h1-7H,8H2,(H,13,15)(H,14,16)(H,17,18). The first-order chi connectivity index (χ1) is 8.75. The Morgan fingerprint density at radius 1 is 1.11 bits per heavy atom. The maximum absolute atomic E-state index is 10.5. The van der Waals surface area contributed by atoms with E-state index < -0.39 is 5.97 Å². The van der Waals surface area contributed by atoms with Gasteiger partial charge in [0.25, 0.3) is 0 Å². The van der Waals surface area contributed by atoms with Crippen molar-refractivity contribution in [1.82, 2.24) is 9.97 Å². The lowest BCUT2D eigenvalue weighted by Gasteiger charge is -2.10. The van der Waals surface area contributed by atoms with Crippen LogP contribution < -0.4 is 10.6 Å². The smallest absolute Gasteiger partial charge is 0.322 e. The Hall–Kier alpha value is -2.63. The molecule has 0 radical (unpaired) electrons. The molecule has 0 saturated carbocycles. The molecule has 18 heavy (non-hydrogen) atoms. The van der Waals surface area contributed by atoms with E-state index in [4.69, 9.17) is 5.11 Å². The van der Waals surface area contributed by atoms with Crippen LogP contribution in [0.25, 0.3) is 0 Å². The third-order valence-corrected chi connectivity index (χ3v) is 2.14. The van der Waals surface area contributed by atoms with Crippen molar-refractivity contribution in [3.63, 3.8) is 0 Å². The van der Waals surface area contributed by atoms with E-state index in [0.29, 0.717) is 11.6 Å². The van der Waals surface area contributed by atoms with Crippen molar-refractivity contribution in [2.45, 2.75) is 0 Å². The van der Waals surface area contributed by atoms with E-state index in [-0.39, 0.29) is 6.54 Å². The van der Waals surface area contributed by atoms with Gasteiger partial charge < -0.3 is 15.7 Å². The summed E-state index contributed by atoms with van der Waals surface area (Å²) in [4.78, 5) is 18.7. The van der Waals surface area contributed by atoms with Crippen LogP contribution in [-0.4, -0.2) is 27.6 Å². The molecular formula is C12H12N4O2. The van der Waals surface area contributed by atoms with Gasteiger partial charge in [0.15, 0.2) is 11.6 Å². The summed E-state index contributed by atoms with van der Waals surface area (Å²) in [6.07, 6.45) is 3.04. The average Bonchev–Trinajstić information content (AvgIpc) is 2.39. The van der Waals surface area contributed by atoms with Gasteiger partial charge in [-0.1, -0.05) is 18.2 Å². The van der Waals surface area contributed by atoms with Crippen molar-refractivity contribution in [2.75, 3.05) is 17.2 Å². The summed E-state index contributed by atoms with van der Waals surface area (Å²) < 4.78 is 0. The Bertz CT molecular complexity index is 531. The summed E-state index contributed by atoms with van der Waals surface area (Å²) in [5.41, 5.74) is 0.858. The molecule has 0 saturated heterocycles. The molecule has 0 aliphatic heterocycles. The number of hydrogen-bond donors (Lipinski definition) is 3. The SMILES string of the molecule is O=C(O)CNc1nccnc1Nc1ccccc1. The maximum atomic E-state index is 10.5. The molecule has 92 valence electrons. The Morgan fingerprint density at radius 3 is 2.44 bits per heavy atom. The fraction of sp³-hybridized carbons (Fsp3) is 0.0833. The predicted octanol–water partition coefficient (Wildman–Crippen LogP) is 1.72. The van der Waals surface area contributed by atoms with Crippen LogP contribution in [0.5, 0.6) is 0 Å². The molecule has 0 aliphatic carbocycles. The second-order valence-corrected chi connectivity index (χ2v) is 3.49. The molecule has 0 fully saturated rings. The number of para-hydroxylation sites is 1. The first-order valence-corrected chi connectivity index (χ1v) is 5.34. The number of anilines is 3. The zero-order valence-electron chi connectivity index (χ0n) is 9.50. The summed E-state index contributed by atoms with van der Waals surface area (Å²) in [7, 11) is 0. The van der Waals surface area contributed by atoms with Crippen molar-refractivity contribution in [3.05, 3.63) is 42.7 Å². The normalized spacial score (nSPS) is 9.78. The van der Waals surface area contributed by atoms with E-state index >= 15 is 0 Å². The summed E-state index contributed by atoms with van der Waals surface area (Å²) >= 11 is 0. The summed E-state index contributed by atoms with van der Waals surface area (Å²) in [5, 5.41) is 14.4. The Balaban J connectivity index is 2.14. The number of nitrogens with zero attached hydrogens (tertiary/aromatic N) is 2. The fourth-order valence-electron chi connectivity index (χ4n) is 1.38. The van der Waals surface area contributed by atoms with Crippen molar-refractivity contribution < 1.29 is 9.90 Å². The highest BCUT2D eigenvalue weighted by atomic mass is 16.4. The maximum Gasteiger partial charge on any atom is 0.322 e. The highest BCUT2D eigenvalue weighted by Crippen LogP contribution is 2.19. The van der Waals surface area contributed by atoms with Gasteiger partial charge in [-0.2, -0.15) is 0 Å². The molecule has 0 amide bonds. The summed E-state index contributed by atoms with van der Waals surface area (Å²) in [6.45, 7) is -0.206. The summed E-state index contributed by atoms with van der Waals surface area (Å²) in [5.74, 6) is -0.0555. The van der Waals surface area contributed by atoms with Crippen LogP contribution in [0.4, 0.5) is 17.3 Å². The van der Waals surface area contributed by atoms with Gasteiger partial charge in [-0.3, -0.25) is 4.79 Å². The van der Waals surface area contributed by atoms with Gasteiger partial charge >= 0.3 is 5.97 Å². The van der Waals surface area contributed by atoms with E-state index in [2.05, 4.69) is 20.6 Å². The fourth-order valence-corrected chi connectivity index (χ4v) is 1.38. The number of hydrogen-bond acceptors (Lipinski definition) is 5. The molecule has 6 heteroatoms. The summed E-state index contributed by atoms with van der Waals surface area (Å²) in [6, 6.07) is 9.46. The van der Waals surface area contributed by atoms with Crippen molar-refractivity contribution in [1.29, 1.82) is 0 Å². The van der Waals surface area contributed by atoms with Crippen LogP contribution in [0.15, 0.2) is 42.7 Å². The van der Waals surface area contributed by atoms with Gasteiger partial charge in [-0.05, 0) is 12.1 Å². The lowest BCUT2D eigenvalue weighted by molar-refractivity contribution is -0.134. The molecule has 3 N–H and O–H groups in total. The minimum atomic E-state index is -0.952. The number of carboxylic acid groups (broad SMARTS) is 1. The van der Waals surface area contributed by atoms with Gasteiger partial charge in [-0.25, -0.2) is 9.97 Å². The minimum Gasteiger partial charge on any atom is -0.480 e. The van der Waals surface area contributed by atoms with Gasteiger partial charge in [0.2, 0.25) is 0 Å². The molecule has 1 aromatic carbocycles. The van der Waals surface area contributed by atoms with Crippen molar-refractivity contribution in [2.24, 2.45) is 0 Å². The quantitative estimate of drug-likeness (QED) is 0.742. The predicted molar refractivity (Wildman–Crippen MR) is 67.9 cm³/mol. The van der Waals surface area contributed by atoms with Crippen LogP contribution in [0.3, 0.4) is 0 Å². The van der Waals surface area contributed by atoms with E-state index in [0.717, 1.165) is 5.69 Å². The number of carbonyl (C=O) groups is 1. The van der Waals surface area contributed by atoms with Crippen molar-refractivity contribution in [3.8, 4) is 0 Å². The van der Waals surface area contributed by atoms with Gasteiger partial charge in [0.1, 0.15) is 6.54 Å². The second-order valence-electron chi connectivity index (χ2n) is 3.49. The molecule has 2 aromatic rings. The Kier molecular flexibility index (Phi) is 3.70. The number of carboxylic acids is 1. The largest absolute Gasteiger partial charge is 0.480 e. The number of aromatic nitrogens is 2. The minimum absolute atomic E-state index is 0.206. The van der Waals surface area contributed by atoms with Crippen LogP contribution >= 0.6 is 0 Å². The van der Waals surface area contributed by atoms with Crippen molar-refractivity contribution >= 4 is 23.3 Å². The van der Waals surface area contributed by atoms with E-state index in [1.165, 1.54) is 12.4 Å². The molecular weight excluding hydrogens is 232 g/mol. The Morgan fingerprint density at radius 2 is 1.78 bits per heavy atom. The molecule has 0 bridgehead atoms. The second kappa shape index (κ2) is 5.62. The zero-order valence-corrected chi connectivity index (χ0v) is 9.50. The molecule has 0 spiro atoms. The molecule has 0 aliphatic rings.